The molecule has 3 nitrogen and oxygen atoms in total. The van der Waals surface area contributed by atoms with Crippen molar-refractivity contribution in [1.82, 2.24) is 0 Å². The van der Waals surface area contributed by atoms with E-state index in [1.165, 1.54) is 24.0 Å². The Balaban J connectivity index is 1.76. The van der Waals surface area contributed by atoms with Crippen molar-refractivity contribution < 1.29 is 15.3 Å². The van der Waals surface area contributed by atoms with Crippen molar-refractivity contribution in [2.24, 2.45) is 17.3 Å². The zero-order chi connectivity index (χ0) is 22.1. The van der Waals surface area contributed by atoms with Gasteiger partial charge in [-0.05, 0) is 74.3 Å². The highest BCUT2D eigenvalue weighted by Gasteiger charge is 2.45. The fourth-order valence-electron chi connectivity index (χ4n) is 5.61. The van der Waals surface area contributed by atoms with E-state index >= 15 is 0 Å². The number of allylic oxidation sites excluding steroid dienone is 5. The lowest BCUT2D eigenvalue weighted by Crippen LogP contribution is -2.32. The highest BCUT2D eigenvalue weighted by Crippen LogP contribution is 2.56. The molecule has 3 heteroatoms. The quantitative estimate of drug-likeness (QED) is 0.460. The molecular weight excluding hydrogens is 372 g/mol. The van der Waals surface area contributed by atoms with Crippen LogP contribution >= 0.6 is 0 Å². The second kappa shape index (κ2) is 8.87. The molecule has 164 valence electrons. The molecule has 3 N–H and O–H groups in total. The minimum Gasteiger partial charge on any atom is -0.393 e. The Labute approximate surface area is 182 Å². The van der Waals surface area contributed by atoms with Gasteiger partial charge in [0.15, 0.2) is 0 Å². The predicted molar refractivity (Wildman–Crippen MR) is 123 cm³/mol. The molecule has 3 aliphatic rings. The summed E-state index contributed by atoms with van der Waals surface area (Å²) in [6.45, 7) is 12.1. The molecule has 4 unspecified atom stereocenters. The summed E-state index contributed by atoms with van der Waals surface area (Å²) in [5.41, 5.74) is 3.95. The van der Waals surface area contributed by atoms with Crippen LogP contribution in [0, 0.1) is 29.1 Å². The first-order valence-corrected chi connectivity index (χ1v) is 11.4. The Kier molecular flexibility index (Phi) is 6.82. The van der Waals surface area contributed by atoms with Crippen LogP contribution in [0.1, 0.15) is 72.6 Å². The summed E-state index contributed by atoms with van der Waals surface area (Å²) in [6.07, 6.45) is 11.9. The van der Waals surface area contributed by atoms with E-state index in [1.54, 1.807) is 13.8 Å². The summed E-state index contributed by atoms with van der Waals surface area (Å²) in [6, 6.07) is 0. The van der Waals surface area contributed by atoms with Crippen LogP contribution in [0.3, 0.4) is 0 Å². The normalized spacial score (nSPS) is 35.6. The molecule has 5 atom stereocenters. The Morgan fingerprint density at radius 1 is 1.33 bits per heavy atom. The second-order valence-electron chi connectivity index (χ2n) is 10.3. The van der Waals surface area contributed by atoms with Gasteiger partial charge in [-0.2, -0.15) is 0 Å². The zero-order valence-electron chi connectivity index (χ0n) is 19.0. The van der Waals surface area contributed by atoms with Crippen LogP contribution in [0.15, 0.2) is 47.1 Å². The van der Waals surface area contributed by atoms with Gasteiger partial charge in [0.2, 0.25) is 0 Å². The largest absolute Gasteiger partial charge is 0.393 e. The molecule has 0 radical (unpaired) electrons. The minimum absolute atomic E-state index is 0.168. The molecule has 0 amide bonds. The van der Waals surface area contributed by atoms with E-state index in [1.807, 2.05) is 0 Å². The monoisotopic (exact) mass is 410 g/mol. The Morgan fingerprint density at radius 2 is 2.07 bits per heavy atom. The lowest BCUT2D eigenvalue weighted by molar-refractivity contribution is 0.0862. The molecule has 0 spiro atoms. The van der Waals surface area contributed by atoms with Gasteiger partial charge in [-0.25, -0.2) is 0 Å². The van der Waals surface area contributed by atoms with Crippen molar-refractivity contribution in [2.75, 3.05) is 0 Å². The molecular formula is C27H38O3. The molecule has 3 rings (SSSR count). The molecule has 30 heavy (non-hydrogen) atoms. The van der Waals surface area contributed by atoms with Gasteiger partial charge in [0.1, 0.15) is 5.60 Å². The van der Waals surface area contributed by atoms with Crippen molar-refractivity contribution in [2.45, 2.75) is 90.4 Å². The standard InChI is InChI=1S/C27H38O3/c1-18(8-6-14-26(3,4)30)23-12-13-24-20(9-7-15-27(23,24)5)10-11-21-16-22(28)17-25(29)19(21)2/h10-12,18,22,24-25,28-30H,2,7-9,13,15-17H2,1,3-5H3/b20-10-,21-11+/t18?,22?,24?,25-,27?/m0/s1. The van der Waals surface area contributed by atoms with Crippen LogP contribution < -0.4 is 0 Å². The fraction of sp³-hybridized carbons (Fsp3) is 0.630. The number of aliphatic hydroxyl groups is 3. The topological polar surface area (TPSA) is 60.7 Å². The third-order valence-corrected chi connectivity index (χ3v) is 7.21. The number of aliphatic hydroxyl groups excluding tert-OH is 2. The van der Waals surface area contributed by atoms with Crippen molar-refractivity contribution in [1.29, 1.82) is 0 Å². The first kappa shape index (κ1) is 23.1. The van der Waals surface area contributed by atoms with E-state index in [0.29, 0.717) is 24.7 Å². The van der Waals surface area contributed by atoms with Crippen LogP contribution in [0.25, 0.3) is 0 Å². The van der Waals surface area contributed by atoms with Gasteiger partial charge < -0.3 is 15.3 Å². The SMILES string of the molecule is C=C1/C(=C/C=C2/CCCC3(C)C(C(C)CC#CC(C)(C)O)=CCC23)CC(O)C[C@@H]1O. The van der Waals surface area contributed by atoms with Gasteiger partial charge >= 0.3 is 0 Å². The predicted octanol–water partition coefficient (Wildman–Crippen LogP) is 4.85. The smallest absolute Gasteiger partial charge is 0.119 e. The number of hydrogen-bond donors (Lipinski definition) is 3. The minimum atomic E-state index is -0.936. The highest BCUT2D eigenvalue weighted by atomic mass is 16.3. The zero-order valence-corrected chi connectivity index (χ0v) is 19.0. The first-order chi connectivity index (χ1) is 14.0. The van der Waals surface area contributed by atoms with Crippen LogP contribution in [-0.2, 0) is 0 Å². The Bertz CT molecular complexity index is 826. The molecule has 2 fully saturated rings. The Morgan fingerprint density at radius 3 is 2.77 bits per heavy atom. The maximum absolute atomic E-state index is 10.1. The molecule has 2 saturated carbocycles. The maximum atomic E-state index is 10.1. The van der Waals surface area contributed by atoms with E-state index in [9.17, 15) is 15.3 Å². The maximum Gasteiger partial charge on any atom is 0.119 e. The van der Waals surface area contributed by atoms with Gasteiger partial charge in [0, 0.05) is 12.8 Å². The van der Waals surface area contributed by atoms with E-state index in [0.717, 1.165) is 30.4 Å². The van der Waals surface area contributed by atoms with Crippen LogP contribution in [0.2, 0.25) is 0 Å². The van der Waals surface area contributed by atoms with E-state index < -0.39 is 17.8 Å². The third kappa shape index (κ3) is 4.99. The van der Waals surface area contributed by atoms with Gasteiger partial charge in [-0.15, -0.1) is 0 Å². The molecule has 0 aromatic carbocycles. The highest BCUT2D eigenvalue weighted by molar-refractivity contribution is 5.40. The Hall–Kier alpha value is -1.60. The number of hydrogen-bond acceptors (Lipinski definition) is 3. The van der Waals surface area contributed by atoms with E-state index in [2.05, 4.69) is 50.5 Å². The van der Waals surface area contributed by atoms with Crippen molar-refractivity contribution in [3.05, 3.63) is 47.1 Å². The lowest BCUT2D eigenvalue weighted by Gasteiger charge is -2.42. The van der Waals surface area contributed by atoms with Crippen molar-refractivity contribution >= 4 is 0 Å². The van der Waals surface area contributed by atoms with Crippen LogP contribution in [0.5, 0.6) is 0 Å². The van der Waals surface area contributed by atoms with Crippen LogP contribution in [0.4, 0.5) is 0 Å². The fourth-order valence-corrected chi connectivity index (χ4v) is 5.61. The number of rotatable bonds is 3. The molecule has 0 heterocycles. The van der Waals surface area contributed by atoms with Gasteiger partial charge in [0.05, 0.1) is 12.2 Å². The van der Waals surface area contributed by atoms with E-state index in [4.69, 9.17) is 0 Å². The van der Waals surface area contributed by atoms with Gasteiger partial charge in [-0.1, -0.05) is 61.6 Å². The molecule has 0 aromatic heterocycles. The van der Waals surface area contributed by atoms with Gasteiger partial charge in [0.25, 0.3) is 0 Å². The summed E-state index contributed by atoms with van der Waals surface area (Å²) in [4.78, 5) is 0. The molecule has 0 bridgehead atoms. The molecule has 0 saturated heterocycles. The first-order valence-electron chi connectivity index (χ1n) is 11.4. The summed E-state index contributed by atoms with van der Waals surface area (Å²) in [5, 5.41) is 30.0. The molecule has 0 aliphatic heterocycles. The average Bonchev–Trinajstić information content (AvgIpc) is 3.00. The molecule has 3 aliphatic carbocycles. The van der Waals surface area contributed by atoms with Gasteiger partial charge in [-0.3, -0.25) is 0 Å². The third-order valence-electron chi connectivity index (χ3n) is 7.21. The van der Waals surface area contributed by atoms with Crippen molar-refractivity contribution in [3.8, 4) is 11.8 Å². The average molecular weight is 411 g/mol. The summed E-state index contributed by atoms with van der Waals surface area (Å²) < 4.78 is 0. The summed E-state index contributed by atoms with van der Waals surface area (Å²) in [7, 11) is 0. The lowest BCUT2D eigenvalue weighted by atomic mass is 9.62. The molecule has 0 aromatic rings. The van der Waals surface area contributed by atoms with Crippen LogP contribution in [-0.4, -0.2) is 33.1 Å². The summed E-state index contributed by atoms with van der Waals surface area (Å²) in [5.74, 6) is 7.03. The second-order valence-corrected chi connectivity index (χ2v) is 10.3. The van der Waals surface area contributed by atoms with Crippen molar-refractivity contribution in [3.63, 3.8) is 0 Å². The van der Waals surface area contributed by atoms with E-state index in [-0.39, 0.29) is 5.41 Å². The number of fused-ring (bicyclic) bond motifs is 1. The summed E-state index contributed by atoms with van der Waals surface area (Å²) >= 11 is 0.